The highest BCUT2D eigenvalue weighted by atomic mass is 35.5. The SMILES string of the molecule is CCOc1ccc(-n2c(SCC(=O)N/N=C\c3cccc(Cl)c3Cl)nnc2-c2ccc(Cl)cc2)cc1. The van der Waals surface area contributed by atoms with Gasteiger partial charge in [-0.1, -0.05) is 58.7 Å². The lowest BCUT2D eigenvalue weighted by Gasteiger charge is -2.11. The van der Waals surface area contributed by atoms with Gasteiger partial charge in [-0.2, -0.15) is 5.10 Å². The van der Waals surface area contributed by atoms with E-state index in [2.05, 4.69) is 20.7 Å². The molecule has 0 unspecified atom stereocenters. The average molecular weight is 561 g/mol. The molecule has 1 N–H and O–H groups in total. The monoisotopic (exact) mass is 559 g/mol. The van der Waals surface area contributed by atoms with Gasteiger partial charge in [-0.3, -0.25) is 9.36 Å². The Morgan fingerprint density at radius 3 is 2.53 bits per heavy atom. The van der Waals surface area contributed by atoms with E-state index in [1.807, 2.05) is 47.9 Å². The lowest BCUT2D eigenvalue weighted by atomic mass is 10.2. The van der Waals surface area contributed by atoms with Crippen LogP contribution in [0.5, 0.6) is 5.75 Å². The van der Waals surface area contributed by atoms with E-state index >= 15 is 0 Å². The summed E-state index contributed by atoms with van der Waals surface area (Å²) in [7, 11) is 0. The molecule has 36 heavy (non-hydrogen) atoms. The van der Waals surface area contributed by atoms with Crippen molar-refractivity contribution in [3.63, 3.8) is 0 Å². The van der Waals surface area contributed by atoms with Crippen molar-refractivity contribution < 1.29 is 9.53 Å². The molecule has 7 nitrogen and oxygen atoms in total. The molecule has 0 fully saturated rings. The van der Waals surface area contributed by atoms with Crippen molar-refractivity contribution in [2.24, 2.45) is 5.10 Å². The number of carbonyl (C=O) groups is 1. The molecule has 0 aliphatic heterocycles. The quantitative estimate of drug-likeness (QED) is 0.143. The Hall–Kier alpha value is -3.04. The first-order chi connectivity index (χ1) is 17.5. The van der Waals surface area contributed by atoms with Crippen LogP contribution in [0.3, 0.4) is 0 Å². The molecule has 3 aromatic carbocycles. The summed E-state index contributed by atoms with van der Waals surface area (Å²) in [5.41, 5.74) is 4.75. The number of carbonyl (C=O) groups excluding carboxylic acids is 1. The lowest BCUT2D eigenvalue weighted by molar-refractivity contribution is -0.118. The first-order valence-corrected chi connectivity index (χ1v) is 12.9. The first-order valence-electron chi connectivity index (χ1n) is 10.8. The highest BCUT2D eigenvalue weighted by molar-refractivity contribution is 7.99. The highest BCUT2D eigenvalue weighted by Crippen LogP contribution is 2.29. The van der Waals surface area contributed by atoms with Crippen LogP contribution < -0.4 is 10.2 Å². The Morgan fingerprint density at radius 1 is 1.06 bits per heavy atom. The van der Waals surface area contributed by atoms with E-state index in [-0.39, 0.29) is 11.7 Å². The summed E-state index contributed by atoms with van der Waals surface area (Å²) < 4.78 is 7.44. The van der Waals surface area contributed by atoms with Gasteiger partial charge in [-0.25, -0.2) is 5.43 Å². The minimum Gasteiger partial charge on any atom is -0.494 e. The second-order valence-corrected chi connectivity index (χ2v) is 9.46. The summed E-state index contributed by atoms with van der Waals surface area (Å²) in [6.45, 7) is 2.50. The van der Waals surface area contributed by atoms with E-state index in [1.54, 1.807) is 30.3 Å². The van der Waals surface area contributed by atoms with Crippen LogP contribution in [0.25, 0.3) is 17.1 Å². The number of hydrogen-bond donors (Lipinski definition) is 1. The summed E-state index contributed by atoms with van der Waals surface area (Å²) in [6.07, 6.45) is 1.44. The van der Waals surface area contributed by atoms with Crippen LogP contribution in [-0.4, -0.2) is 39.2 Å². The van der Waals surface area contributed by atoms with Gasteiger partial charge in [-0.15, -0.1) is 10.2 Å². The topological polar surface area (TPSA) is 81.4 Å². The van der Waals surface area contributed by atoms with Crippen molar-refractivity contribution in [1.82, 2.24) is 20.2 Å². The third kappa shape index (κ3) is 6.39. The van der Waals surface area contributed by atoms with E-state index in [0.29, 0.717) is 38.2 Å². The molecule has 1 aromatic heterocycles. The number of nitrogens with zero attached hydrogens (tertiary/aromatic N) is 4. The number of nitrogens with one attached hydrogen (secondary N) is 1. The molecule has 11 heteroatoms. The molecule has 0 atom stereocenters. The number of aromatic nitrogens is 3. The van der Waals surface area contributed by atoms with Gasteiger partial charge < -0.3 is 4.74 Å². The van der Waals surface area contributed by atoms with Crippen LogP contribution >= 0.6 is 46.6 Å². The largest absolute Gasteiger partial charge is 0.494 e. The Morgan fingerprint density at radius 2 is 1.81 bits per heavy atom. The maximum absolute atomic E-state index is 12.4. The second-order valence-electron chi connectivity index (χ2n) is 7.30. The molecule has 0 aliphatic carbocycles. The van der Waals surface area contributed by atoms with Gasteiger partial charge in [0.25, 0.3) is 5.91 Å². The fourth-order valence-corrected chi connectivity index (χ4v) is 4.42. The van der Waals surface area contributed by atoms with E-state index in [9.17, 15) is 4.79 Å². The normalized spacial score (nSPS) is 11.1. The fraction of sp³-hybridized carbons (Fsp3) is 0.120. The summed E-state index contributed by atoms with van der Waals surface area (Å²) in [5, 5.41) is 14.6. The zero-order valence-corrected chi connectivity index (χ0v) is 22.1. The molecule has 0 spiro atoms. The molecule has 1 amide bonds. The van der Waals surface area contributed by atoms with Gasteiger partial charge in [0.05, 0.1) is 28.6 Å². The summed E-state index contributed by atoms with van der Waals surface area (Å²) in [5.74, 6) is 1.13. The molecule has 0 saturated carbocycles. The minimum absolute atomic E-state index is 0.0659. The highest BCUT2D eigenvalue weighted by Gasteiger charge is 2.17. The van der Waals surface area contributed by atoms with E-state index in [4.69, 9.17) is 39.5 Å². The maximum Gasteiger partial charge on any atom is 0.250 e. The summed E-state index contributed by atoms with van der Waals surface area (Å²) >= 11 is 19.4. The number of rotatable bonds is 9. The lowest BCUT2D eigenvalue weighted by Crippen LogP contribution is -2.20. The number of ether oxygens (including phenoxy) is 1. The molecule has 184 valence electrons. The van der Waals surface area contributed by atoms with Gasteiger partial charge >= 0.3 is 0 Å². The third-order valence-electron chi connectivity index (χ3n) is 4.85. The van der Waals surface area contributed by atoms with E-state index in [1.165, 1.54) is 18.0 Å². The summed E-state index contributed by atoms with van der Waals surface area (Å²) in [4.78, 5) is 12.4. The Bertz CT molecular complexity index is 1380. The van der Waals surface area contributed by atoms with Crippen molar-refractivity contribution in [3.8, 4) is 22.8 Å². The van der Waals surface area contributed by atoms with Gasteiger partial charge in [0.15, 0.2) is 11.0 Å². The molecule has 4 rings (SSSR count). The van der Waals surface area contributed by atoms with E-state index in [0.717, 1.165) is 17.0 Å². The predicted molar refractivity (Wildman–Crippen MR) is 146 cm³/mol. The van der Waals surface area contributed by atoms with Gasteiger partial charge in [0.1, 0.15) is 5.75 Å². The average Bonchev–Trinajstić information content (AvgIpc) is 3.30. The smallest absolute Gasteiger partial charge is 0.250 e. The zero-order valence-electron chi connectivity index (χ0n) is 19.0. The molecule has 0 radical (unpaired) electrons. The van der Waals surface area contributed by atoms with Crippen LogP contribution in [-0.2, 0) is 4.79 Å². The molecular formula is C25H20Cl3N5O2S. The molecule has 4 aromatic rings. The maximum atomic E-state index is 12.4. The molecule has 1 heterocycles. The summed E-state index contributed by atoms with van der Waals surface area (Å²) in [6, 6.07) is 20.1. The van der Waals surface area contributed by atoms with E-state index < -0.39 is 0 Å². The number of thioether (sulfide) groups is 1. The molecular weight excluding hydrogens is 541 g/mol. The Labute approximate surface area is 227 Å². The first kappa shape index (κ1) is 26.0. The standard InChI is InChI=1S/C25H20Cl3N5O2S/c1-2-35-20-12-10-19(11-13-20)33-24(16-6-8-18(26)9-7-16)31-32-25(33)36-15-22(34)30-29-14-17-4-3-5-21(27)23(17)28/h3-14H,2,15H2,1H3,(H,30,34)/b29-14-. The number of amides is 1. The Balaban J connectivity index is 1.52. The minimum atomic E-state index is -0.316. The van der Waals surface area contributed by atoms with Gasteiger partial charge in [-0.05, 0) is 61.5 Å². The van der Waals surface area contributed by atoms with Crippen LogP contribution in [0.15, 0.2) is 77.0 Å². The van der Waals surface area contributed by atoms with Crippen molar-refractivity contribution in [2.75, 3.05) is 12.4 Å². The van der Waals surface area contributed by atoms with Crippen molar-refractivity contribution in [2.45, 2.75) is 12.1 Å². The van der Waals surface area contributed by atoms with Gasteiger partial charge in [0.2, 0.25) is 0 Å². The fourth-order valence-electron chi connectivity index (χ4n) is 3.20. The van der Waals surface area contributed by atoms with Crippen LogP contribution in [0.4, 0.5) is 0 Å². The second kappa shape index (κ2) is 12.3. The molecule has 0 aliphatic rings. The van der Waals surface area contributed by atoms with Crippen molar-refractivity contribution in [3.05, 3.63) is 87.4 Å². The van der Waals surface area contributed by atoms with Crippen molar-refractivity contribution >= 4 is 58.7 Å². The molecule has 0 bridgehead atoms. The number of hydrazone groups is 1. The zero-order chi connectivity index (χ0) is 25.5. The number of halogens is 3. The van der Waals surface area contributed by atoms with Gasteiger partial charge in [0, 0.05) is 21.8 Å². The van der Waals surface area contributed by atoms with Crippen molar-refractivity contribution in [1.29, 1.82) is 0 Å². The third-order valence-corrected chi connectivity index (χ3v) is 6.86. The number of hydrogen-bond acceptors (Lipinski definition) is 6. The van der Waals surface area contributed by atoms with Crippen LogP contribution in [0.2, 0.25) is 15.1 Å². The van der Waals surface area contributed by atoms with Crippen LogP contribution in [0.1, 0.15) is 12.5 Å². The number of benzene rings is 3. The predicted octanol–water partition coefficient (Wildman–Crippen LogP) is 6.54. The van der Waals surface area contributed by atoms with Crippen LogP contribution in [0, 0.1) is 0 Å². The Kier molecular flexibility index (Phi) is 8.88. The molecule has 0 saturated heterocycles.